The van der Waals surface area contributed by atoms with Gasteiger partial charge >= 0.3 is 5.97 Å². The SMILES string of the molecule is CN(CCCC(=O)O)c1nc(Cc2ccc3c(c2)OCO3)c2c(N)c(Cl)ccc2n1. The molecule has 0 aliphatic carbocycles. The van der Waals surface area contributed by atoms with Crippen LogP contribution >= 0.6 is 11.6 Å². The summed E-state index contributed by atoms with van der Waals surface area (Å²) in [5.74, 6) is 1.09. The molecule has 4 rings (SSSR count). The third-order valence-electron chi connectivity index (χ3n) is 4.95. The molecule has 0 fully saturated rings. The lowest BCUT2D eigenvalue weighted by Crippen LogP contribution is -2.22. The first-order valence-corrected chi connectivity index (χ1v) is 9.86. The second-order valence-corrected chi connectivity index (χ2v) is 7.52. The molecule has 2 aromatic carbocycles. The summed E-state index contributed by atoms with van der Waals surface area (Å²) in [5.41, 5.74) is 9.10. The van der Waals surface area contributed by atoms with Gasteiger partial charge in [-0.05, 0) is 36.2 Å². The second kappa shape index (κ2) is 8.23. The Kier molecular flexibility index (Phi) is 5.50. The van der Waals surface area contributed by atoms with Crippen LogP contribution in [-0.2, 0) is 11.2 Å². The van der Waals surface area contributed by atoms with Crippen LogP contribution < -0.4 is 20.1 Å². The molecule has 0 unspecified atom stereocenters. The normalized spacial score (nSPS) is 12.3. The molecule has 9 heteroatoms. The first-order valence-electron chi connectivity index (χ1n) is 9.48. The molecule has 0 atom stereocenters. The van der Waals surface area contributed by atoms with Crippen molar-refractivity contribution in [3.05, 3.63) is 46.6 Å². The number of carboxylic acids is 1. The summed E-state index contributed by atoms with van der Waals surface area (Å²) in [6.07, 6.45) is 1.08. The summed E-state index contributed by atoms with van der Waals surface area (Å²) >= 11 is 6.26. The largest absolute Gasteiger partial charge is 0.481 e. The van der Waals surface area contributed by atoms with Crippen LogP contribution in [0.5, 0.6) is 11.5 Å². The van der Waals surface area contributed by atoms with Crippen LogP contribution in [0.1, 0.15) is 24.1 Å². The minimum absolute atomic E-state index is 0.0878. The number of aliphatic carboxylic acids is 1. The molecule has 1 aromatic heterocycles. The van der Waals surface area contributed by atoms with Crippen LogP contribution in [0, 0.1) is 0 Å². The number of carboxylic acid groups (broad SMARTS) is 1. The molecule has 3 N–H and O–H groups in total. The fourth-order valence-corrected chi connectivity index (χ4v) is 3.56. The predicted octanol–water partition coefficient (Wildman–Crippen LogP) is 3.49. The first-order chi connectivity index (χ1) is 14.4. The smallest absolute Gasteiger partial charge is 0.303 e. The molecule has 8 nitrogen and oxygen atoms in total. The van der Waals surface area contributed by atoms with E-state index in [1.807, 2.05) is 36.2 Å². The van der Waals surface area contributed by atoms with E-state index in [0.717, 1.165) is 11.3 Å². The van der Waals surface area contributed by atoms with Crippen molar-refractivity contribution in [3.8, 4) is 11.5 Å². The lowest BCUT2D eigenvalue weighted by atomic mass is 10.0. The van der Waals surface area contributed by atoms with Crippen LogP contribution in [-0.4, -0.2) is 41.4 Å². The molecule has 30 heavy (non-hydrogen) atoms. The number of fused-ring (bicyclic) bond motifs is 2. The van der Waals surface area contributed by atoms with Crippen molar-refractivity contribution in [1.29, 1.82) is 0 Å². The summed E-state index contributed by atoms with van der Waals surface area (Å²) in [4.78, 5) is 22.0. The highest BCUT2D eigenvalue weighted by atomic mass is 35.5. The molecule has 0 amide bonds. The zero-order chi connectivity index (χ0) is 21.3. The standard InChI is InChI=1S/C21H21ClN4O4/c1-26(8-2-3-18(27)28)21-24-14-6-5-13(22)20(23)19(14)15(25-21)9-12-4-7-16-17(10-12)30-11-29-16/h4-7,10H,2-3,8-9,11,23H2,1H3,(H,27,28). The van der Waals surface area contributed by atoms with Gasteiger partial charge in [0.05, 0.1) is 21.9 Å². The van der Waals surface area contributed by atoms with Crippen molar-refractivity contribution < 1.29 is 19.4 Å². The Bertz CT molecular complexity index is 1120. The third-order valence-corrected chi connectivity index (χ3v) is 5.28. The van der Waals surface area contributed by atoms with Gasteiger partial charge in [0, 0.05) is 31.8 Å². The molecular weight excluding hydrogens is 408 g/mol. The number of rotatable bonds is 7. The van der Waals surface area contributed by atoms with Gasteiger partial charge in [0.2, 0.25) is 12.7 Å². The monoisotopic (exact) mass is 428 g/mol. The third kappa shape index (κ3) is 4.04. The number of nitrogens with two attached hydrogens (primary N) is 1. The number of hydrogen-bond donors (Lipinski definition) is 2. The second-order valence-electron chi connectivity index (χ2n) is 7.11. The number of benzene rings is 2. The minimum atomic E-state index is -0.825. The topological polar surface area (TPSA) is 111 Å². The van der Waals surface area contributed by atoms with Crippen molar-refractivity contribution in [3.63, 3.8) is 0 Å². The van der Waals surface area contributed by atoms with Crippen LogP contribution in [0.4, 0.5) is 11.6 Å². The molecule has 0 saturated carbocycles. The predicted molar refractivity (Wildman–Crippen MR) is 114 cm³/mol. The van der Waals surface area contributed by atoms with Crippen LogP contribution in [0.15, 0.2) is 30.3 Å². The van der Waals surface area contributed by atoms with Gasteiger partial charge in [0.15, 0.2) is 11.5 Å². The summed E-state index contributed by atoms with van der Waals surface area (Å²) in [6, 6.07) is 9.28. The number of anilines is 2. The average Bonchev–Trinajstić information content (AvgIpc) is 3.18. The number of hydrogen-bond acceptors (Lipinski definition) is 7. The Morgan fingerprint density at radius 3 is 2.83 bits per heavy atom. The van der Waals surface area contributed by atoms with Gasteiger partial charge in [0.25, 0.3) is 0 Å². The van der Waals surface area contributed by atoms with Crippen molar-refractivity contribution in [1.82, 2.24) is 9.97 Å². The van der Waals surface area contributed by atoms with Crippen molar-refractivity contribution in [2.45, 2.75) is 19.3 Å². The number of nitrogen functional groups attached to an aromatic ring is 1. The van der Waals surface area contributed by atoms with Crippen molar-refractivity contribution in [2.24, 2.45) is 0 Å². The maximum absolute atomic E-state index is 10.8. The summed E-state index contributed by atoms with van der Waals surface area (Å²) in [5, 5.41) is 10.0. The number of ether oxygens (including phenoxy) is 2. The van der Waals surface area contributed by atoms with E-state index in [2.05, 4.69) is 4.98 Å². The Labute approximate surface area is 178 Å². The Morgan fingerprint density at radius 1 is 1.23 bits per heavy atom. The molecule has 0 radical (unpaired) electrons. The van der Waals surface area contributed by atoms with Gasteiger partial charge in [-0.25, -0.2) is 9.97 Å². The van der Waals surface area contributed by atoms with E-state index in [1.165, 1.54) is 0 Å². The molecule has 3 aromatic rings. The summed E-state index contributed by atoms with van der Waals surface area (Å²) in [6.45, 7) is 0.730. The fraction of sp³-hybridized carbons (Fsp3) is 0.286. The van der Waals surface area contributed by atoms with E-state index in [9.17, 15) is 4.79 Å². The Morgan fingerprint density at radius 2 is 2.03 bits per heavy atom. The lowest BCUT2D eigenvalue weighted by Gasteiger charge is -2.19. The lowest BCUT2D eigenvalue weighted by molar-refractivity contribution is -0.137. The van der Waals surface area contributed by atoms with Gasteiger partial charge in [-0.3, -0.25) is 4.79 Å². The van der Waals surface area contributed by atoms with Gasteiger partial charge in [-0.1, -0.05) is 17.7 Å². The molecule has 1 aliphatic rings. The van der Waals surface area contributed by atoms with E-state index < -0.39 is 5.97 Å². The number of carbonyl (C=O) groups is 1. The fourth-order valence-electron chi connectivity index (χ4n) is 3.40. The molecule has 0 bridgehead atoms. The molecule has 0 spiro atoms. The highest BCUT2D eigenvalue weighted by Crippen LogP contribution is 2.35. The molecule has 156 valence electrons. The Hall–Kier alpha value is -3.26. The van der Waals surface area contributed by atoms with E-state index in [1.54, 1.807) is 6.07 Å². The molecular formula is C21H21ClN4O4. The van der Waals surface area contributed by atoms with Crippen molar-refractivity contribution >= 4 is 40.1 Å². The maximum Gasteiger partial charge on any atom is 0.303 e. The Balaban J connectivity index is 1.72. The summed E-state index contributed by atoms with van der Waals surface area (Å²) < 4.78 is 10.9. The number of aromatic nitrogens is 2. The zero-order valence-corrected chi connectivity index (χ0v) is 17.1. The zero-order valence-electron chi connectivity index (χ0n) is 16.4. The quantitative estimate of drug-likeness (QED) is 0.550. The minimum Gasteiger partial charge on any atom is -0.481 e. The van der Waals surface area contributed by atoms with Crippen LogP contribution in [0.3, 0.4) is 0 Å². The summed E-state index contributed by atoms with van der Waals surface area (Å²) in [7, 11) is 1.84. The van der Waals surface area contributed by atoms with Gasteiger partial charge in [0.1, 0.15) is 0 Å². The molecule has 0 saturated heterocycles. The maximum atomic E-state index is 10.8. The van der Waals surface area contributed by atoms with Crippen LogP contribution in [0.2, 0.25) is 5.02 Å². The number of nitrogens with zero attached hydrogens (tertiary/aromatic N) is 3. The van der Waals surface area contributed by atoms with E-state index in [-0.39, 0.29) is 13.2 Å². The highest BCUT2D eigenvalue weighted by Gasteiger charge is 2.18. The van der Waals surface area contributed by atoms with Crippen molar-refractivity contribution in [2.75, 3.05) is 31.0 Å². The van der Waals surface area contributed by atoms with Gasteiger partial charge in [-0.15, -0.1) is 0 Å². The first kappa shape index (κ1) is 20.0. The van der Waals surface area contributed by atoms with Gasteiger partial charge in [-0.2, -0.15) is 0 Å². The molecule has 2 heterocycles. The van der Waals surface area contributed by atoms with E-state index in [4.69, 9.17) is 36.9 Å². The number of halogens is 1. The van der Waals surface area contributed by atoms with E-state index in [0.29, 0.717) is 58.4 Å². The molecule has 1 aliphatic heterocycles. The van der Waals surface area contributed by atoms with Crippen LogP contribution in [0.25, 0.3) is 10.9 Å². The van der Waals surface area contributed by atoms with Gasteiger partial charge < -0.3 is 25.2 Å². The average molecular weight is 429 g/mol. The highest BCUT2D eigenvalue weighted by molar-refractivity contribution is 6.34. The van der Waals surface area contributed by atoms with E-state index >= 15 is 0 Å².